The fourth-order valence-corrected chi connectivity index (χ4v) is 4.07. The molecule has 0 aromatic heterocycles. The zero-order valence-corrected chi connectivity index (χ0v) is 14.2. The van der Waals surface area contributed by atoms with Crippen molar-refractivity contribution in [2.24, 2.45) is 11.3 Å². The van der Waals surface area contributed by atoms with Gasteiger partial charge in [-0.05, 0) is 69.3 Å². The van der Waals surface area contributed by atoms with Gasteiger partial charge in [0.1, 0.15) is 0 Å². The van der Waals surface area contributed by atoms with Crippen LogP contribution < -0.4 is 0 Å². The third kappa shape index (κ3) is 4.37. The Balaban J connectivity index is 2.24. The SMILES string of the molecule is CC(C)(O)[C@@H]1CC[C@]2(C)CCC(=O)C(CCCC(F)(F)F)=C2C1. The molecule has 0 amide bonds. The fraction of sp³-hybridized carbons (Fsp3) is 0.833. The van der Waals surface area contributed by atoms with Crippen molar-refractivity contribution < 1.29 is 23.1 Å². The van der Waals surface area contributed by atoms with Crippen LogP contribution in [0.3, 0.4) is 0 Å². The van der Waals surface area contributed by atoms with Gasteiger partial charge in [-0.1, -0.05) is 12.5 Å². The van der Waals surface area contributed by atoms with Crippen LogP contribution >= 0.6 is 0 Å². The largest absolute Gasteiger partial charge is 0.390 e. The Morgan fingerprint density at radius 1 is 1.26 bits per heavy atom. The molecule has 2 rings (SSSR count). The van der Waals surface area contributed by atoms with Gasteiger partial charge in [-0.3, -0.25) is 4.79 Å². The first kappa shape index (κ1) is 18.5. The van der Waals surface area contributed by atoms with E-state index in [9.17, 15) is 23.1 Å². The topological polar surface area (TPSA) is 37.3 Å². The summed E-state index contributed by atoms with van der Waals surface area (Å²) in [4.78, 5) is 12.3. The molecule has 0 radical (unpaired) electrons. The molecule has 0 spiro atoms. The number of hydrogen-bond donors (Lipinski definition) is 1. The molecule has 2 aliphatic carbocycles. The van der Waals surface area contributed by atoms with Crippen molar-refractivity contribution in [1.29, 1.82) is 0 Å². The van der Waals surface area contributed by atoms with Crippen LogP contribution in [0.15, 0.2) is 11.1 Å². The number of carbonyl (C=O) groups excluding carboxylic acids is 1. The van der Waals surface area contributed by atoms with Gasteiger partial charge in [0.2, 0.25) is 0 Å². The Labute approximate surface area is 136 Å². The molecule has 1 saturated carbocycles. The van der Waals surface area contributed by atoms with E-state index in [-0.39, 0.29) is 30.0 Å². The number of alkyl halides is 3. The number of aliphatic hydroxyl groups is 1. The highest BCUT2D eigenvalue weighted by atomic mass is 19.4. The second kappa shape index (κ2) is 6.23. The van der Waals surface area contributed by atoms with E-state index in [1.54, 1.807) is 13.8 Å². The molecule has 0 bridgehead atoms. The van der Waals surface area contributed by atoms with Crippen molar-refractivity contribution in [3.8, 4) is 0 Å². The van der Waals surface area contributed by atoms with Gasteiger partial charge in [0, 0.05) is 12.8 Å². The minimum atomic E-state index is -4.17. The second-order valence-corrected chi connectivity index (χ2v) is 8.00. The van der Waals surface area contributed by atoms with Crippen molar-refractivity contribution in [3.63, 3.8) is 0 Å². The summed E-state index contributed by atoms with van der Waals surface area (Å²) < 4.78 is 37.2. The zero-order valence-electron chi connectivity index (χ0n) is 14.2. The van der Waals surface area contributed by atoms with Crippen LogP contribution in [0.25, 0.3) is 0 Å². The predicted molar refractivity (Wildman–Crippen MR) is 82.9 cm³/mol. The summed E-state index contributed by atoms with van der Waals surface area (Å²) >= 11 is 0. The highest BCUT2D eigenvalue weighted by Gasteiger charge is 2.44. The average molecular weight is 332 g/mol. The molecule has 132 valence electrons. The summed E-state index contributed by atoms with van der Waals surface area (Å²) in [7, 11) is 0. The smallest absolute Gasteiger partial charge is 0.389 e. The van der Waals surface area contributed by atoms with Crippen molar-refractivity contribution in [1.82, 2.24) is 0 Å². The first-order valence-electron chi connectivity index (χ1n) is 8.47. The van der Waals surface area contributed by atoms with Gasteiger partial charge in [0.15, 0.2) is 5.78 Å². The van der Waals surface area contributed by atoms with Crippen LogP contribution in [0.5, 0.6) is 0 Å². The van der Waals surface area contributed by atoms with Gasteiger partial charge in [0.25, 0.3) is 0 Å². The van der Waals surface area contributed by atoms with E-state index in [1.165, 1.54) is 0 Å². The van der Waals surface area contributed by atoms with E-state index < -0.39 is 18.2 Å². The van der Waals surface area contributed by atoms with Crippen LogP contribution in [-0.4, -0.2) is 22.7 Å². The number of allylic oxidation sites excluding steroid dienone is 2. The summed E-state index contributed by atoms with van der Waals surface area (Å²) in [5, 5.41) is 10.3. The summed E-state index contributed by atoms with van der Waals surface area (Å²) in [6.45, 7) is 5.67. The third-order valence-corrected chi connectivity index (χ3v) is 5.71. The normalized spacial score (nSPS) is 29.7. The number of Topliss-reactive ketones (excluding diaryl/α,β-unsaturated/α-hetero) is 1. The molecule has 2 atom stereocenters. The van der Waals surface area contributed by atoms with Gasteiger partial charge < -0.3 is 5.11 Å². The molecule has 0 saturated heterocycles. The molecule has 2 aliphatic rings. The molecule has 1 N–H and O–H groups in total. The summed E-state index contributed by atoms with van der Waals surface area (Å²) in [5.74, 6) is 0.0742. The van der Waals surface area contributed by atoms with Gasteiger partial charge in [0.05, 0.1) is 5.60 Å². The lowest BCUT2D eigenvalue weighted by Crippen LogP contribution is -2.40. The minimum Gasteiger partial charge on any atom is -0.390 e. The fourth-order valence-electron chi connectivity index (χ4n) is 4.07. The highest BCUT2D eigenvalue weighted by molar-refractivity contribution is 5.97. The summed E-state index contributed by atoms with van der Waals surface area (Å²) in [6, 6.07) is 0. The molecule has 23 heavy (non-hydrogen) atoms. The van der Waals surface area contributed by atoms with Gasteiger partial charge >= 0.3 is 6.18 Å². The first-order chi connectivity index (χ1) is 10.4. The molecular weight excluding hydrogens is 305 g/mol. The molecule has 0 heterocycles. The van der Waals surface area contributed by atoms with Gasteiger partial charge in [-0.15, -0.1) is 0 Å². The van der Waals surface area contributed by atoms with E-state index in [0.717, 1.165) is 24.8 Å². The van der Waals surface area contributed by atoms with Crippen molar-refractivity contribution >= 4 is 5.78 Å². The van der Waals surface area contributed by atoms with Gasteiger partial charge in [-0.2, -0.15) is 13.2 Å². The van der Waals surface area contributed by atoms with Crippen LogP contribution in [-0.2, 0) is 4.79 Å². The second-order valence-electron chi connectivity index (χ2n) is 8.00. The maximum absolute atomic E-state index is 12.4. The summed E-state index contributed by atoms with van der Waals surface area (Å²) in [5.41, 5.74) is 0.737. The van der Waals surface area contributed by atoms with E-state index >= 15 is 0 Å². The first-order valence-corrected chi connectivity index (χ1v) is 8.47. The number of halogens is 3. The Morgan fingerprint density at radius 2 is 1.91 bits per heavy atom. The number of ketones is 1. The lowest BCUT2D eigenvalue weighted by atomic mass is 9.59. The van der Waals surface area contributed by atoms with Gasteiger partial charge in [-0.25, -0.2) is 0 Å². The van der Waals surface area contributed by atoms with Crippen LogP contribution in [0.1, 0.15) is 72.1 Å². The maximum Gasteiger partial charge on any atom is 0.389 e. The zero-order chi connectivity index (χ0) is 17.5. The van der Waals surface area contributed by atoms with Crippen molar-refractivity contribution in [3.05, 3.63) is 11.1 Å². The van der Waals surface area contributed by atoms with Crippen LogP contribution in [0, 0.1) is 11.3 Å². The lowest BCUT2D eigenvalue weighted by molar-refractivity contribution is -0.135. The number of rotatable bonds is 4. The standard InChI is InChI=1S/C18H27F3O2/c1-16(2,23)12-6-9-17(3)10-7-15(22)13(14(17)11-12)5-4-8-18(19,20)21/h12,23H,4-11H2,1-3H3/t12-,17-/m1/s1. The molecule has 0 aliphatic heterocycles. The predicted octanol–water partition coefficient (Wildman–Crippen LogP) is 4.96. The Hall–Kier alpha value is -0.840. The van der Waals surface area contributed by atoms with E-state index in [0.29, 0.717) is 18.4 Å². The average Bonchev–Trinajstić information content (AvgIpc) is 2.39. The minimum absolute atomic E-state index is 0.0102. The third-order valence-electron chi connectivity index (χ3n) is 5.71. The molecule has 0 aromatic rings. The van der Waals surface area contributed by atoms with Crippen molar-refractivity contribution in [2.75, 3.05) is 0 Å². The van der Waals surface area contributed by atoms with E-state index in [1.807, 2.05) is 0 Å². The number of fused-ring (bicyclic) bond motifs is 1. The molecule has 0 unspecified atom stereocenters. The molecule has 0 aromatic carbocycles. The van der Waals surface area contributed by atoms with E-state index in [2.05, 4.69) is 6.92 Å². The number of hydrogen-bond acceptors (Lipinski definition) is 2. The Morgan fingerprint density at radius 3 is 2.48 bits per heavy atom. The Kier molecular flexibility index (Phi) is 5.01. The highest BCUT2D eigenvalue weighted by Crippen LogP contribution is 2.52. The van der Waals surface area contributed by atoms with E-state index in [4.69, 9.17) is 0 Å². The lowest BCUT2D eigenvalue weighted by Gasteiger charge is -2.46. The van der Waals surface area contributed by atoms with Crippen molar-refractivity contribution in [2.45, 2.75) is 83.9 Å². The molecular formula is C18H27F3O2. The number of carbonyl (C=O) groups is 1. The summed E-state index contributed by atoms with van der Waals surface area (Å²) in [6.07, 6.45) is -1.19. The monoisotopic (exact) mass is 332 g/mol. The van der Waals surface area contributed by atoms with Crippen LogP contribution in [0.2, 0.25) is 0 Å². The quantitative estimate of drug-likeness (QED) is 0.790. The maximum atomic E-state index is 12.4. The molecule has 2 nitrogen and oxygen atoms in total. The molecule has 5 heteroatoms. The molecule has 1 fully saturated rings. The Bertz CT molecular complexity index is 499. The van der Waals surface area contributed by atoms with Crippen LogP contribution in [0.4, 0.5) is 13.2 Å².